The summed E-state index contributed by atoms with van der Waals surface area (Å²) in [6, 6.07) is 7.79. The Morgan fingerprint density at radius 2 is 2.19 bits per heavy atom. The second-order valence-corrected chi connectivity index (χ2v) is 6.04. The van der Waals surface area contributed by atoms with Gasteiger partial charge in [-0.25, -0.2) is 14.6 Å². The molecule has 0 aliphatic heterocycles. The summed E-state index contributed by atoms with van der Waals surface area (Å²) >= 11 is 0. The van der Waals surface area contributed by atoms with Crippen LogP contribution in [0.15, 0.2) is 52.5 Å². The van der Waals surface area contributed by atoms with E-state index in [-0.39, 0.29) is 22.6 Å². The lowest BCUT2D eigenvalue weighted by molar-refractivity contribution is 0.0950. The first-order chi connectivity index (χ1) is 13.1. The van der Waals surface area contributed by atoms with Crippen molar-refractivity contribution in [2.24, 2.45) is 0 Å². The molecule has 9 nitrogen and oxygen atoms in total. The molecule has 0 aliphatic carbocycles. The summed E-state index contributed by atoms with van der Waals surface area (Å²) in [5.41, 5.74) is 1.92. The Bertz CT molecular complexity index is 1160. The topological polar surface area (TPSA) is 119 Å². The van der Waals surface area contributed by atoms with E-state index < -0.39 is 5.56 Å². The van der Waals surface area contributed by atoms with Crippen LogP contribution in [0.4, 0.5) is 0 Å². The summed E-state index contributed by atoms with van der Waals surface area (Å²) in [5, 5.41) is 7.08. The number of amides is 1. The minimum absolute atomic E-state index is 0.149. The largest absolute Gasteiger partial charge is 0.442 e. The second kappa shape index (κ2) is 6.87. The van der Waals surface area contributed by atoms with Crippen LogP contribution in [-0.4, -0.2) is 30.6 Å². The number of nitrogens with zero attached hydrogens (tertiary/aromatic N) is 4. The number of hydrogen-bond acceptors (Lipinski definition) is 6. The lowest BCUT2D eigenvalue weighted by Crippen LogP contribution is -2.24. The third-order valence-corrected chi connectivity index (χ3v) is 4.15. The Balaban J connectivity index is 1.52. The molecule has 9 heteroatoms. The number of H-pyrrole nitrogens is 1. The number of fused-ring (bicyclic) bond motifs is 1. The van der Waals surface area contributed by atoms with E-state index in [0.717, 1.165) is 11.1 Å². The van der Waals surface area contributed by atoms with Crippen LogP contribution >= 0.6 is 0 Å². The maximum absolute atomic E-state index is 12.6. The number of aromatic nitrogens is 5. The van der Waals surface area contributed by atoms with Crippen LogP contribution < -0.4 is 10.9 Å². The zero-order valence-corrected chi connectivity index (χ0v) is 14.5. The van der Waals surface area contributed by atoms with E-state index in [4.69, 9.17) is 4.42 Å². The smallest absolute Gasteiger partial charge is 0.262 e. The highest BCUT2D eigenvalue weighted by Gasteiger charge is 2.21. The number of benzene rings is 1. The monoisotopic (exact) mass is 364 g/mol. The summed E-state index contributed by atoms with van der Waals surface area (Å²) in [6.07, 6.45) is 4.38. The average molecular weight is 364 g/mol. The summed E-state index contributed by atoms with van der Waals surface area (Å²) in [7, 11) is 0. The molecule has 1 aromatic carbocycles. The lowest BCUT2D eigenvalue weighted by atomic mass is 10.1. The first-order valence-corrected chi connectivity index (χ1v) is 8.27. The number of furan rings is 1. The van der Waals surface area contributed by atoms with E-state index in [2.05, 4.69) is 25.4 Å². The van der Waals surface area contributed by atoms with E-state index in [0.29, 0.717) is 18.8 Å². The van der Waals surface area contributed by atoms with Crippen LogP contribution in [0.25, 0.3) is 11.1 Å². The van der Waals surface area contributed by atoms with E-state index >= 15 is 0 Å². The number of carbonyl (C=O) groups is 1. The number of rotatable bonds is 5. The Labute approximate surface area is 153 Å². The third-order valence-electron chi connectivity index (χ3n) is 4.15. The molecule has 4 aromatic rings. The molecule has 136 valence electrons. The van der Waals surface area contributed by atoms with E-state index in [1.165, 1.54) is 12.7 Å². The summed E-state index contributed by atoms with van der Waals surface area (Å²) < 4.78 is 7.14. The van der Waals surface area contributed by atoms with Crippen molar-refractivity contribution in [1.82, 2.24) is 30.0 Å². The highest BCUT2D eigenvalue weighted by molar-refractivity contribution is 6.06. The minimum atomic E-state index is -0.406. The predicted molar refractivity (Wildman–Crippen MR) is 96.1 cm³/mol. The van der Waals surface area contributed by atoms with E-state index in [9.17, 15) is 9.59 Å². The molecular formula is C18H16N6O3. The SMILES string of the molecule is Cc1oc2nc[nH]c(=O)c2c1C(=O)NCc1cccc(Cn2cncn2)c1. The Kier molecular flexibility index (Phi) is 4.25. The Morgan fingerprint density at radius 3 is 3.00 bits per heavy atom. The molecule has 0 bridgehead atoms. The van der Waals surface area contributed by atoms with Gasteiger partial charge in [0.25, 0.3) is 11.5 Å². The molecule has 0 fully saturated rings. The molecule has 0 aliphatic rings. The molecule has 1 amide bonds. The number of hydrogen-bond donors (Lipinski definition) is 2. The van der Waals surface area contributed by atoms with Crippen LogP contribution in [0.5, 0.6) is 0 Å². The zero-order chi connectivity index (χ0) is 18.8. The van der Waals surface area contributed by atoms with Crippen LogP contribution in [0, 0.1) is 6.92 Å². The Hall–Kier alpha value is -3.75. The standard InChI is InChI=1S/C18H16N6O3/c1-11-14(15-17(26)21-9-22-18(15)27-11)16(25)20-6-12-3-2-4-13(5-12)7-24-10-19-8-23-24/h2-5,8-10H,6-7H2,1H3,(H,20,25)(H,21,22,26). The molecule has 0 saturated carbocycles. The molecule has 0 saturated heterocycles. The van der Waals surface area contributed by atoms with Gasteiger partial charge in [0.2, 0.25) is 5.71 Å². The zero-order valence-electron chi connectivity index (χ0n) is 14.5. The maximum Gasteiger partial charge on any atom is 0.262 e. The van der Waals surface area contributed by atoms with Crippen molar-refractivity contribution in [3.8, 4) is 0 Å². The van der Waals surface area contributed by atoms with Gasteiger partial charge in [-0.05, 0) is 18.1 Å². The van der Waals surface area contributed by atoms with Crippen molar-refractivity contribution in [2.45, 2.75) is 20.0 Å². The van der Waals surface area contributed by atoms with Gasteiger partial charge in [-0.2, -0.15) is 5.10 Å². The summed E-state index contributed by atoms with van der Waals surface area (Å²) in [4.78, 5) is 35.0. The van der Waals surface area contributed by atoms with Gasteiger partial charge in [-0.3, -0.25) is 9.59 Å². The molecule has 27 heavy (non-hydrogen) atoms. The van der Waals surface area contributed by atoms with Gasteiger partial charge in [0.1, 0.15) is 23.8 Å². The molecule has 4 rings (SSSR count). The second-order valence-electron chi connectivity index (χ2n) is 6.04. The van der Waals surface area contributed by atoms with Crippen molar-refractivity contribution in [1.29, 1.82) is 0 Å². The van der Waals surface area contributed by atoms with Crippen molar-refractivity contribution in [3.05, 3.63) is 76.1 Å². The van der Waals surface area contributed by atoms with Crippen LogP contribution in [0.1, 0.15) is 27.2 Å². The van der Waals surface area contributed by atoms with Gasteiger partial charge >= 0.3 is 0 Å². The number of aryl methyl sites for hydroxylation is 1. The fourth-order valence-electron chi connectivity index (χ4n) is 2.94. The quantitative estimate of drug-likeness (QED) is 0.552. The van der Waals surface area contributed by atoms with E-state index in [1.54, 1.807) is 17.9 Å². The highest BCUT2D eigenvalue weighted by atomic mass is 16.3. The van der Waals surface area contributed by atoms with Crippen molar-refractivity contribution in [3.63, 3.8) is 0 Å². The summed E-state index contributed by atoms with van der Waals surface area (Å²) in [6.45, 7) is 2.54. The number of nitrogens with one attached hydrogen (secondary N) is 2. The third kappa shape index (κ3) is 3.34. The van der Waals surface area contributed by atoms with Crippen LogP contribution in [0.3, 0.4) is 0 Å². The van der Waals surface area contributed by atoms with Gasteiger partial charge in [0, 0.05) is 6.54 Å². The van der Waals surface area contributed by atoms with Crippen LogP contribution in [-0.2, 0) is 13.1 Å². The molecule has 0 radical (unpaired) electrons. The lowest BCUT2D eigenvalue weighted by Gasteiger charge is -2.07. The summed E-state index contributed by atoms with van der Waals surface area (Å²) in [5.74, 6) is -0.0296. The fraction of sp³-hybridized carbons (Fsp3) is 0.167. The molecule has 3 aromatic heterocycles. The van der Waals surface area contributed by atoms with Gasteiger partial charge < -0.3 is 14.7 Å². The average Bonchev–Trinajstić information content (AvgIpc) is 3.27. The normalized spacial score (nSPS) is 11.0. The molecule has 3 heterocycles. The molecule has 0 unspecified atom stereocenters. The van der Waals surface area contributed by atoms with E-state index in [1.807, 2.05) is 24.3 Å². The van der Waals surface area contributed by atoms with Crippen molar-refractivity contribution in [2.75, 3.05) is 0 Å². The van der Waals surface area contributed by atoms with Crippen molar-refractivity contribution >= 4 is 17.0 Å². The van der Waals surface area contributed by atoms with Gasteiger partial charge in [0.05, 0.1) is 18.4 Å². The Morgan fingerprint density at radius 1 is 1.33 bits per heavy atom. The van der Waals surface area contributed by atoms with Crippen molar-refractivity contribution < 1.29 is 9.21 Å². The fourth-order valence-corrected chi connectivity index (χ4v) is 2.94. The molecule has 0 spiro atoms. The first-order valence-electron chi connectivity index (χ1n) is 8.27. The van der Waals surface area contributed by atoms with Crippen LogP contribution in [0.2, 0.25) is 0 Å². The predicted octanol–water partition coefficient (Wildman–Crippen LogP) is 1.39. The number of carbonyl (C=O) groups excluding carboxylic acids is 1. The highest BCUT2D eigenvalue weighted by Crippen LogP contribution is 2.20. The van der Waals surface area contributed by atoms with Gasteiger partial charge in [-0.1, -0.05) is 24.3 Å². The molecular weight excluding hydrogens is 348 g/mol. The molecule has 2 N–H and O–H groups in total. The minimum Gasteiger partial charge on any atom is -0.442 e. The number of aromatic amines is 1. The van der Waals surface area contributed by atoms with Gasteiger partial charge in [0.15, 0.2) is 0 Å². The first kappa shape index (κ1) is 16.7. The van der Waals surface area contributed by atoms with Gasteiger partial charge in [-0.15, -0.1) is 0 Å². The molecule has 0 atom stereocenters. The maximum atomic E-state index is 12.6.